The van der Waals surface area contributed by atoms with E-state index in [4.69, 9.17) is 52.1 Å². The van der Waals surface area contributed by atoms with E-state index in [1.165, 1.54) is 35.4 Å². The second kappa shape index (κ2) is 13.8. The summed E-state index contributed by atoms with van der Waals surface area (Å²) in [6.07, 6.45) is -6.41. The van der Waals surface area contributed by atoms with Crippen LogP contribution >= 0.6 is 0 Å². The first kappa shape index (κ1) is 28.3. The lowest BCUT2D eigenvalue weighted by molar-refractivity contribution is -0.333. The molecule has 10 atom stereocenters. The number of rotatable bonds is 13. The Morgan fingerprint density at radius 3 is 1.85 bits per heavy atom. The third-order valence-electron chi connectivity index (χ3n) is 5.86. The lowest BCUT2D eigenvalue weighted by Gasteiger charge is -2.45. The molecule has 2 saturated heterocycles. The monoisotopic (exact) mass is 482 g/mol. The smallest absolute Gasteiger partial charge is 0.302 e. The van der Waals surface area contributed by atoms with Crippen LogP contribution in [0.4, 0.5) is 0 Å². The Hall–Kier alpha value is -0.930. The second-order valence-corrected chi connectivity index (χ2v) is 7.68. The minimum atomic E-state index is -0.873. The topological polar surface area (TPSA) is 119 Å². The number of methoxy groups -OCH3 is 7. The Balaban J connectivity index is 2.31. The van der Waals surface area contributed by atoms with Crippen molar-refractivity contribution in [3.8, 4) is 0 Å². The molecule has 0 bridgehead atoms. The van der Waals surface area contributed by atoms with Crippen molar-refractivity contribution in [3.63, 3.8) is 0 Å². The van der Waals surface area contributed by atoms with Crippen molar-refractivity contribution in [2.45, 2.75) is 68.3 Å². The average molecular weight is 483 g/mol. The van der Waals surface area contributed by atoms with E-state index in [2.05, 4.69) is 0 Å². The van der Waals surface area contributed by atoms with Crippen LogP contribution in [-0.4, -0.2) is 130 Å². The van der Waals surface area contributed by atoms with Crippen molar-refractivity contribution >= 4 is 5.97 Å². The SMILES string of the molecule is COC[C@@H](OC)[C@H]1O[C@H](O[C@H]2[C@H](OC)[C@@H](OC)[C@@H](OC)O[C@@H]2COC(C)=O)[C@@H](OC)[C@H]1OC. The summed E-state index contributed by atoms with van der Waals surface area (Å²) in [4.78, 5) is 11.5. The van der Waals surface area contributed by atoms with E-state index < -0.39 is 67.4 Å². The molecule has 0 amide bonds. The summed E-state index contributed by atoms with van der Waals surface area (Å²) in [5.74, 6) is -0.456. The fraction of sp³-hybridized carbons (Fsp3) is 0.952. The van der Waals surface area contributed by atoms with E-state index in [1.54, 1.807) is 21.3 Å². The maximum atomic E-state index is 11.5. The highest BCUT2D eigenvalue weighted by Crippen LogP contribution is 2.35. The summed E-state index contributed by atoms with van der Waals surface area (Å²) in [6.45, 7) is 1.52. The predicted molar refractivity (Wildman–Crippen MR) is 112 cm³/mol. The van der Waals surface area contributed by atoms with Gasteiger partial charge >= 0.3 is 5.97 Å². The molecule has 2 rings (SSSR count). The van der Waals surface area contributed by atoms with Crippen LogP contribution in [0.2, 0.25) is 0 Å². The number of esters is 1. The van der Waals surface area contributed by atoms with Gasteiger partial charge in [0.25, 0.3) is 0 Å². The number of hydrogen-bond donors (Lipinski definition) is 0. The molecule has 2 aliphatic heterocycles. The van der Waals surface area contributed by atoms with Gasteiger partial charge in [0, 0.05) is 56.7 Å². The third kappa shape index (κ3) is 6.60. The van der Waals surface area contributed by atoms with Gasteiger partial charge in [0.2, 0.25) is 0 Å². The first-order chi connectivity index (χ1) is 15.9. The molecule has 33 heavy (non-hydrogen) atoms. The predicted octanol–water partition coefficient (Wildman–Crippen LogP) is -0.248. The third-order valence-corrected chi connectivity index (χ3v) is 5.86. The van der Waals surface area contributed by atoms with Gasteiger partial charge in [-0.15, -0.1) is 0 Å². The van der Waals surface area contributed by atoms with Crippen molar-refractivity contribution in [1.29, 1.82) is 0 Å². The number of ether oxygens (including phenoxy) is 11. The molecule has 12 heteroatoms. The zero-order valence-electron chi connectivity index (χ0n) is 20.6. The van der Waals surface area contributed by atoms with Gasteiger partial charge in [0.15, 0.2) is 12.6 Å². The normalized spacial score (nSPS) is 37.8. The molecule has 0 unspecified atom stereocenters. The second-order valence-electron chi connectivity index (χ2n) is 7.68. The van der Waals surface area contributed by atoms with Crippen LogP contribution < -0.4 is 0 Å². The van der Waals surface area contributed by atoms with Gasteiger partial charge < -0.3 is 52.1 Å². The van der Waals surface area contributed by atoms with Crippen LogP contribution in [-0.2, 0) is 56.9 Å². The fourth-order valence-electron chi connectivity index (χ4n) is 4.27. The first-order valence-corrected chi connectivity index (χ1v) is 10.7. The zero-order valence-corrected chi connectivity index (χ0v) is 20.6. The highest BCUT2D eigenvalue weighted by molar-refractivity contribution is 5.65. The van der Waals surface area contributed by atoms with Gasteiger partial charge in [0.1, 0.15) is 55.4 Å². The maximum Gasteiger partial charge on any atom is 0.302 e. The van der Waals surface area contributed by atoms with Gasteiger partial charge in [-0.2, -0.15) is 0 Å². The van der Waals surface area contributed by atoms with Crippen molar-refractivity contribution in [3.05, 3.63) is 0 Å². The van der Waals surface area contributed by atoms with Crippen LogP contribution in [0.15, 0.2) is 0 Å². The summed E-state index contributed by atoms with van der Waals surface area (Å²) >= 11 is 0. The molecule has 0 aromatic heterocycles. The molecule has 0 aromatic carbocycles. The molecule has 0 aromatic rings. The Labute approximate surface area is 194 Å². The van der Waals surface area contributed by atoms with Crippen molar-refractivity contribution < 1.29 is 56.9 Å². The van der Waals surface area contributed by atoms with E-state index in [1.807, 2.05) is 0 Å². The molecule has 0 radical (unpaired) electrons. The summed E-state index contributed by atoms with van der Waals surface area (Å²) < 4.78 is 62.6. The van der Waals surface area contributed by atoms with Gasteiger partial charge in [-0.05, 0) is 0 Å². The molecule has 0 N–H and O–H groups in total. The summed E-state index contributed by atoms with van der Waals surface area (Å²) in [5.41, 5.74) is 0. The van der Waals surface area contributed by atoms with Gasteiger partial charge in [-0.1, -0.05) is 0 Å². The number of carbonyl (C=O) groups excluding carboxylic acids is 1. The molecular formula is C21H38O12. The lowest BCUT2D eigenvalue weighted by Crippen LogP contribution is -2.62. The Morgan fingerprint density at radius 2 is 1.36 bits per heavy atom. The highest BCUT2D eigenvalue weighted by atomic mass is 16.8. The number of hydrogen-bond acceptors (Lipinski definition) is 12. The van der Waals surface area contributed by atoms with Crippen LogP contribution in [0.1, 0.15) is 6.92 Å². The summed E-state index contributed by atoms with van der Waals surface area (Å²) in [7, 11) is 10.8. The van der Waals surface area contributed by atoms with E-state index >= 15 is 0 Å². The van der Waals surface area contributed by atoms with E-state index in [9.17, 15) is 4.79 Å². The summed E-state index contributed by atoms with van der Waals surface area (Å²) in [5, 5.41) is 0. The lowest BCUT2D eigenvalue weighted by atomic mass is 9.98. The summed E-state index contributed by atoms with van der Waals surface area (Å²) in [6, 6.07) is 0. The van der Waals surface area contributed by atoms with E-state index in [0.717, 1.165) is 0 Å². The van der Waals surface area contributed by atoms with Gasteiger partial charge in [-0.3, -0.25) is 4.79 Å². The molecule has 0 saturated carbocycles. The molecular weight excluding hydrogens is 444 g/mol. The highest BCUT2D eigenvalue weighted by Gasteiger charge is 2.54. The largest absolute Gasteiger partial charge is 0.463 e. The molecule has 12 nitrogen and oxygen atoms in total. The van der Waals surface area contributed by atoms with Crippen LogP contribution in [0.3, 0.4) is 0 Å². The number of carbonyl (C=O) groups is 1. The molecule has 0 aliphatic carbocycles. The minimum absolute atomic E-state index is 0.0813. The van der Waals surface area contributed by atoms with E-state index in [0.29, 0.717) is 0 Å². The zero-order chi connectivity index (χ0) is 24.5. The fourth-order valence-corrected chi connectivity index (χ4v) is 4.27. The standard InChI is InChI=1S/C21H38O12/c1-11(22)30-10-13-15(17(26-5)18(27-6)20(29-8)31-13)33-21-19(28-7)16(25-4)14(32-21)12(24-3)9-23-2/h12-21H,9-10H2,1-8H3/t12-,13-,14-,15-,16+,17+,18-,19+,20+,21-/m1/s1. The van der Waals surface area contributed by atoms with Crippen LogP contribution in [0.5, 0.6) is 0 Å². The molecule has 194 valence electrons. The molecule has 2 heterocycles. The van der Waals surface area contributed by atoms with Crippen LogP contribution in [0, 0.1) is 0 Å². The van der Waals surface area contributed by atoms with Crippen molar-refractivity contribution in [1.82, 2.24) is 0 Å². The quantitative estimate of drug-likeness (QED) is 0.322. The molecule has 0 spiro atoms. The van der Waals surface area contributed by atoms with Gasteiger partial charge in [0.05, 0.1) is 6.61 Å². The van der Waals surface area contributed by atoms with E-state index in [-0.39, 0.29) is 13.2 Å². The Morgan fingerprint density at radius 1 is 0.758 bits per heavy atom. The Bertz CT molecular complexity index is 577. The average Bonchev–Trinajstić information content (AvgIpc) is 3.17. The van der Waals surface area contributed by atoms with Crippen molar-refractivity contribution in [2.75, 3.05) is 63.0 Å². The molecule has 2 fully saturated rings. The first-order valence-electron chi connectivity index (χ1n) is 10.7. The minimum Gasteiger partial charge on any atom is -0.463 e. The van der Waals surface area contributed by atoms with Gasteiger partial charge in [-0.25, -0.2) is 0 Å². The maximum absolute atomic E-state index is 11.5. The Kier molecular flexibility index (Phi) is 11.9. The molecule has 2 aliphatic rings. The van der Waals surface area contributed by atoms with Crippen molar-refractivity contribution in [2.24, 2.45) is 0 Å². The van der Waals surface area contributed by atoms with Crippen LogP contribution in [0.25, 0.3) is 0 Å².